The third kappa shape index (κ3) is 2.80. The Labute approximate surface area is 150 Å². The average molecular weight is 360 g/mol. The van der Waals surface area contributed by atoms with E-state index < -0.39 is 5.41 Å². The third-order valence-corrected chi connectivity index (χ3v) is 5.39. The van der Waals surface area contributed by atoms with E-state index in [1.807, 2.05) is 29.2 Å². The van der Waals surface area contributed by atoms with Crippen molar-refractivity contribution < 1.29 is 14.1 Å². The predicted octanol–water partition coefficient (Wildman–Crippen LogP) is 2.77. The van der Waals surface area contributed by atoms with Crippen molar-refractivity contribution in [2.75, 3.05) is 18.4 Å². The van der Waals surface area contributed by atoms with Crippen molar-refractivity contribution >= 4 is 29.1 Å². The zero-order valence-electron chi connectivity index (χ0n) is 13.6. The summed E-state index contributed by atoms with van der Waals surface area (Å²) in [6.07, 6.45) is 2.12. The van der Waals surface area contributed by atoms with Gasteiger partial charge in [0.05, 0.1) is 5.41 Å². The largest absolute Gasteiger partial charge is 0.360 e. The zero-order valence-corrected chi connectivity index (χ0v) is 14.4. The summed E-state index contributed by atoms with van der Waals surface area (Å²) in [5.74, 6) is 0.724. The van der Waals surface area contributed by atoms with E-state index in [1.165, 1.54) is 0 Å². The summed E-state index contributed by atoms with van der Waals surface area (Å²) in [6.45, 7) is 1.16. The topological polar surface area (TPSA) is 75.4 Å². The Morgan fingerprint density at radius 3 is 2.80 bits per heavy atom. The first-order valence-electron chi connectivity index (χ1n) is 8.38. The van der Waals surface area contributed by atoms with Crippen LogP contribution in [0.3, 0.4) is 0 Å². The van der Waals surface area contributed by atoms with E-state index in [-0.39, 0.29) is 11.8 Å². The Kier molecular flexibility index (Phi) is 4.00. The molecule has 0 radical (unpaired) electrons. The van der Waals surface area contributed by atoms with E-state index in [1.54, 1.807) is 6.07 Å². The zero-order chi connectivity index (χ0) is 17.4. The fourth-order valence-electron chi connectivity index (χ4n) is 3.80. The molecule has 25 heavy (non-hydrogen) atoms. The van der Waals surface area contributed by atoms with Gasteiger partial charge < -0.3 is 14.7 Å². The lowest BCUT2D eigenvalue weighted by molar-refractivity contribution is -0.135. The Balaban J connectivity index is 1.40. The highest BCUT2D eigenvalue weighted by Gasteiger charge is 2.48. The molecule has 0 saturated carbocycles. The van der Waals surface area contributed by atoms with Crippen LogP contribution in [0.5, 0.6) is 0 Å². The van der Waals surface area contributed by atoms with Gasteiger partial charge in [0.1, 0.15) is 5.76 Å². The second-order valence-corrected chi connectivity index (χ2v) is 6.97. The summed E-state index contributed by atoms with van der Waals surface area (Å²) in [5, 5.41) is 6.88. The summed E-state index contributed by atoms with van der Waals surface area (Å²) in [6, 6.07) is 9.45. The van der Waals surface area contributed by atoms with E-state index in [0.717, 1.165) is 11.3 Å². The number of nitrogens with zero attached hydrogens (tertiary/aromatic N) is 2. The van der Waals surface area contributed by atoms with Crippen molar-refractivity contribution in [2.24, 2.45) is 0 Å². The molecule has 2 amide bonds. The lowest BCUT2D eigenvalue weighted by Gasteiger charge is -2.38. The number of carbonyl (C=O) groups excluding carboxylic acids is 2. The van der Waals surface area contributed by atoms with Gasteiger partial charge in [-0.25, -0.2) is 0 Å². The van der Waals surface area contributed by atoms with E-state index in [9.17, 15) is 9.59 Å². The molecular formula is C18H18ClN3O3. The van der Waals surface area contributed by atoms with E-state index in [2.05, 4.69) is 10.5 Å². The van der Waals surface area contributed by atoms with Crippen molar-refractivity contribution in [1.29, 1.82) is 0 Å². The lowest BCUT2D eigenvalue weighted by atomic mass is 9.73. The highest BCUT2D eigenvalue weighted by molar-refractivity contribution is 6.29. The Bertz CT molecular complexity index is 824. The van der Waals surface area contributed by atoms with Crippen LogP contribution in [0.1, 0.15) is 30.6 Å². The molecule has 1 aromatic carbocycles. The normalized spacial score (nSPS) is 18.3. The van der Waals surface area contributed by atoms with Gasteiger partial charge in [-0.3, -0.25) is 9.59 Å². The Hall–Kier alpha value is -2.34. The van der Waals surface area contributed by atoms with Crippen molar-refractivity contribution in [3.8, 4) is 0 Å². The number of para-hydroxylation sites is 1. The van der Waals surface area contributed by atoms with Crippen LogP contribution in [0.4, 0.5) is 5.69 Å². The van der Waals surface area contributed by atoms with Crippen LogP contribution in [0, 0.1) is 0 Å². The van der Waals surface area contributed by atoms with Gasteiger partial charge in [-0.15, -0.1) is 0 Å². The fraction of sp³-hybridized carbons (Fsp3) is 0.389. The van der Waals surface area contributed by atoms with Gasteiger partial charge in [-0.2, -0.15) is 0 Å². The minimum absolute atomic E-state index is 0.0529. The molecule has 2 aliphatic heterocycles. The smallest absolute Gasteiger partial charge is 0.235 e. The van der Waals surface area contributed by atoms with Crippen LogP contribution >= 0.6 is 11.6 Å². The first kappa shape index (κ1) is 16.1. The molecule has 4 rings (SSSR count). The number of halogens is 1. The summed E-state index contributed by atoms with van der Waals surface area (Å²) in [4.78, 5) is 26.8. The predicted molar refractivity (Wildman–Crippen MR) is 92.4 cm³/mol. The Morgan fingerprint density at radius 1 is 1.32 bits per heavy atom. The number of hydrogen-bond donors (Lipinski definition) is 1. The molecule has 0 bridgehead atoms. The number of likely N-dealkylation sites (tertiary alicyclic amines) is 1. The average Bonchev–Trinajstić information content (AvgIpc) is 3.16. The van der Waals surface area contributed by atoms with E-state index >= 15 is 0 Å². The van der Waals surface area contributed by atoms with E-state index in [0.29, 0.717) is 49.7 Å². The highest BCUT2D eigenvalue weighted by Crippen LogP contribution is 2.44. The number of aromatic nitrogens is 1. The van der Waals surface area contributed by atoms with Crippen molar-refractivity contribution in [3.05, 3.63) is 46.8 Å². The number of piperidine rings is 1. The first-order valence-corrected chi connectivity index (χ1v) is 8.76. The van der Waals surface area contributed by atoms with Crippen LogP contribution in [0.2, 0.25) is 5.15 Å². The third-order valence-electron chi connectivity index (χ3n) is 5.21. The molecule has 7 heteroatoms. The lowest BCUT2D eigenvalue weighted by Crippen LogP contribution is -2.48. The van der Waals surface area contributed by atoms with Crippen LogP contribution in [0.15, 0.2) is 34.9 Å². The molecule has 2 aliphatic rings. The number of anilines is 1. The van der Waals surface area contributed by atoms with Gasteiger partial charge in [0.15, 0.2) is 5.15 Å². The quantitative estimate of drug-likeness (QED) is 0.914. The number of nitrogens with one attached hydrogen (secondary N) is 1. The maximum absolute atomic E-state index is 12.6. The summed E-state index contributed by atoms with van der Waals surface area (Å²) in [5.41, 5.74) is 1.46. The number of aryl methyl sites for hydroxylation is 1. The first-order chi connectivity index (χ1) is 12.1. The van der Waals surface area contributed by atoms with Crippen molar-refractivity contribution in [2.45, 2.75) is 31.1 Å². The second kappa shape index (κ2) is 6.19. The minimum Gasteiger partial charge on any atom is -0.360 e. The van der Waals surface area contributed by atoms with E-state index in [4.69, 9.17) is 16.1 Å². The molecule has 1 aromatic heterocycles. The SMILES string of the molecule is O=C(CCc1cc(Cl)no1)N1CCC2(CC1)C(=O)Nc1ccccc12. The van der Waals surface area contributed by atoms with Gasteiger partial charge in [0.25, 0.3) is 0 Å². The summed E-state index contributed by atoms with van der Waals surface area (Å²) >= 11 is 5.71. The van der Waals surface area contributed by atoms with Gasteiger partial charge in [-0.1, -0.05) is 35.0 Å². The molecule has 0 atom stereocenters. The van der Waals surface area contributed by atoms with Crippen LogP contribution in [0.25, 0.3) is 0 Å². The second-order valence-electron chi connectivity index (χ2n) is 6.58. The molecule has 3 heterocycles. The van der Waals surface area contributed by atoms with Gasteiger partial charge in [0, 0.05) is 37.7 Å². The minimum atomic E-state index is -0.494. The fourth-order valence-corrected chi connectivity index (χ4v) is 3.96. The molecular weight excluding hydrogens is 342 g/mol. The van der Waals surface area contributed by atoms with Crippen LogP contribution in [-0.4, -0.2) is 35.0 Å². The molecule has 1 spiro atoms. The van der Waals surface area contributed by atoms with Crippen LogP contribution < -0.4 is 5.32 Å². The molecule has 0 unspecified atom stereocenters. The number of rotatable bonds is 3. The monoisotopic (exact) mass is 359 g/mol. The number of carbonyl (C=O) groups is 2. The maximum Gasteiger partial charge on any atom is 0.235 e. The number of fused-ring (bicyclic) bond motifs is 2. The standard InChI is InChI=1S/C18H18ClN3O3/c19-15-11-12(25-21-15)5-6-16(23)22-9-7-18(8-10-22)13-3-1-2-4-14(13)20-17(18)24/h1-4,11H,5-10H2,(H,20,24). The van der Waals surface area contributed by atoms with Crippen molar-refractivity contribution in [3.63, 3.8) is 0 Å². The molecule has 6 nitrogen and oxygen atoms in total. The van der Waals surface area contributed by atoms with Crippen LogP contribution in [-0.2, 0) is 21.4 Å². The summed E-state index contributed by atoms with van der Waals surface area (Å²) < 4.78 is 5.03. The molecule has 1 saturated heterocycles. The maximum atomic E-state index is 12.6. The molecule has 1 N–H and O–H groups in total. The van der Waals surface area contributed by atoms with Gasteiger partial charge in [-0.05, 0) is 24.5 Å². The molecule has 1 fully saturated rings. The number of benzene rings is 1. The Morgan fingerprint density at radius 2 is 2.08 bits per heavy atom. The number of hydrogen-bond acceptors (Lipinski definition) is 4. The molecule has 130 valence electrons. The highest BCUT2D eigenvalue weighted by atomic mass is 35.5. The molecule has 0 aliphatic carbocycles. The summed E-state index contributed by atoms with van der Waals surface area (Å²) in [7, 11) is 0. The van der Waals surface area contributed by atoms with Gasteiger partial charge in [0.2, 0.25) is 11.8 Å². The van der Waals surface area contributed by atoms with Crippen molar-refractivity contribution in [1.82, 2.24) is 10.1 Å². The van der Waals surface area contributed by atoms with Gasteiger partial charge >= 0.3 is 0 Å². The molecule has 2 aromatic rings. The number of amides is 2.